The van der Waals surface area contributed by atoms with Gasteiger partial charge >= 0.3 is 0 Å². The molecule has 0 aliphatic heterocycles. The van der Waals surface area contributed by atoms with Gasteiger partial charge in [-0.3, -0.25) is 4.79 Å². The lowest BCUT2D eigenvalue weighted by atomic mass is 10.1. The molecular weight excluding hydrogens is 352 g/mol. The number of aromatic amines is 1. The summed E-state index contributed by atoms with van der Waals surface area (Å²) in [6, 6.07) is 10.8. The van der Waals surface area contributed by atoms with Crippen LogP contribution in [0.3, 0.4) is 0 Å². The molecule has 3 rings (SSSR count). The summed E-state index contributed by atoms with van der Waals surface area (Å²) in [7, 11) is 4.73. The fourth-order valence-corrected chi connectivity index (χ4v) is 3.49. The summed E-state index contributed by atoms with van der Waals surface area (Å²) < 4.78 is 15.7. The minimum atomic E-state index is -0.310. The van der Waals surface area contributed by atoms with Gasteiger partial charge in [-0.1, -0.05) is 11.8 Å². The van der Waals surface area contributed by atoms with E-state index in [-0.39, 0.29) is 11.0 Å². The first kappa shape index (κ1) is 18.1. The highest BCUT2D eigenvalue weighted by molar-refractivity contribution is 8.00. The van der Waals surface area contributed by atoms with Gasteiger partial charge in [0.05, 0.1) is 37.6 Å². The molecule has 7 heteroatoms. The van der Waals surface area contributed by atoms with E-state index >= 15 is 0 Å². The predicted octanol–water partition coefficient (Wildman–Crippen LogP) is 3.95. The lowest BCUT2D eigenvalue weighted by molar-refractivity contribution is 0.0993. The van der Waals surface area contributed by atoms with Crippen LogP contribution in [0.15, 0.2) is 41.6 Å². The van der Waals surface area contributed by atoms with E-state index in [0.29, 0.717) is 22.2 Å². The van der Waals surface area contributed by atoms with Gasteiger partial charge in [-0.05, 0) is 37.3 Å². The third-order valence-corrected chi connectivity index (χ3v) is 4.98. The van der Waals surface area contributed by atoms with E-state index in [0.717, 1.165) is 16.8 Å². The van der Waals surface area contributed by atoms with E-state index in [1.807, 2.05) is 25.1 Å². The van der Waals surface area contributed by atoms with Crippen LogP contribution in [0, 0.1) is 0 Å². The van der Waals surface area contributed by atoms with Gasteiger partial charge < -0.3 is 19.2 Å². The Labute approximate surface area is 155 Å². The molecule has 0 saturated heterocycles. The third kappa shape index (κ3) is 3.62. The second-order valence-electron chi connectivity index (χ2n) is 5.62. The van der Waals surface area contributed by atoms with E-state index in [9.17, 15) is 4.79 Å². The molecule has 1 unspecified atom stereocenters. The number of carbonyl (C=O) groups excluding carboxylic acids is 1. The fourth-order valence-electron chi connectivity index (χ4n) is 2.59. The number of hydrogen-bond donors (Lipinski definition) is 1. The number of ketones is 1. The summed E-state index contributed by atoms with van der Waals surface area (Å²) in [6.45, 7) is 1.86. The van der Waals surface area contributed by atoms with Crippen molar-refractivity contribution in [2.75, 3.05) is 21.3 Å². The molecule has 26 heavy (non-hydrogen) atoms. The molecule has 1 atom stereocenters. The first-order chi connectivity index (χ1) is 12.5. The van der Waals surface area contributed by atoms with Crippen LogP contribution in [-0.4, -0.2) is 42.3 Å². The highest BCUT2D eigenvalue weighted by Gasteiger charge is 2.20. The average molecular weight is 372 g/mol. The van der Waals surface area contributed by atoms with E-state index in [4.69, 9.17) is 14.2 Å². The van der Waals surface area contributed by atoms with Crippen molar-refractivity contribution < 1.29 is 19.0 Å². The molecule has 0 aliphatic rings. The summed E-state index contributed by atoms with van der Waals surface area (Å²) in [5, 5.41) is 0.380. The summed E-state index contributed by atoms with van der Waals surface area (Å²) in [4.78, 5) is 20.5. The number of rotatable bonds is 7. The molecule has 0 saturated carbocycles. The Morgan fingerprint density at radius 1 is 1.04 bits per heavy atom. The first-order valence-corrected chi connectivity index (χ1v) is 8.90. The molecular formula is C19H20N2O4S. The molecule has 1 aromatic heterocycles. The Kier molecular flexibility index (Phi) is 5.37. The number of imidazole rings is 1. The predicted molar refractivity (Wildman–Crippen MR) is 102 cm³/mol. The second kappa shape index (κ2) is 7.70. The van der Waals surface area contributed by atoms with Gasteiger partial charge in [0.1, 0.15) is 5.75 Å². The standard InChI is InChI=1S/C19H20N2O4S/c1-11(18(22)12-5-8-16(24-3)17(9-12)25-4)26-19-20-14-7-6-13(23-2)10-15(14)21-19/h5-11H,1-4H3,(H,20,21). The minimum Gasteiger partial charge on any atom is -0.497 e. The number of aromatic nitrogens is 2. The van der Waals surface area contributed by atoms with Crippen LogP contribution < -0.4 is 14.2 Å². The van der Waals surface area contributed by atoms with Gasteiger partial charge in [-0.15, -0.1) is 0 Å². The maximum atomic E-state index is 12.8. The maximum absolute atomic E-state index is 12.8. The van der Waals surface area contributed by atoms with Crippen LogP contribution >= 0.6 is 11.8 Å². The zero-order valence-corrected chi connectivity index (χ0v) is 15.8. The summed E-state index contributed by atoms with van der Waals surface area (Å²) in [5.41, 5.74) is 2.28. The number of ether oxygens (including phenoxy) is 3. The number of nitrogens with zero attached hydrogens (tertiary/aromatic N) is 1. The summed E-state index contributed by atoms with van der Waals surface area (Å²) in [5.74, 6) is 1.88. The monoisotopic (exact) mass is 372 g/mol. The molecule has 0 fully saturated rings. The molecule has 1 heterocycles. The third-order valence-electron chi connectivity index (χ3n) is 3.99. The molecule has 136 valence electrons. The lowest BCUT2D eigenvalue weighted by Crippen LogP contribution is -2.14. The largest absolute Gasteiger partial charge is 0.497 e. The van der Waals surface area contributed by atoms with Crippen LogP contribution in [-0.2, 0) is 0 Å². The molecule has 0 amide bonds. The number of hydrogen-bond acceptors (Lipinski definition) is 6. The normalized spacial score (nSPS) is 12.0. The van der Waals surface area contributed by atoms with E-state index < -0.39 is 0 Å². The van der Waals surface area contributed by atoms with E-state index in [2.05, 4.69) is 9.97 Å². The fraction of sp³-hybridized carbons (Fsp3) is 0.263. The minimum absolute atomic E-state index is 0.00557. The van der Waals surface area contributed by atoms with Crippen molar-refractivity contribution in [1.82, 2.24) is 9.97 Å². The Morgan fingerprint density at radius 2 is 1.81 bits per heavy atom. The van der Waals surface area contributed by atoms with Crippen molar-refractivity contribution in [2.45, 2.75) is 17.3 Å². The quantitative estimate of drug-likeness (QED) is 0.500. The number of benzene rings is 2. The Balaban J connectivity index is 1.79. The molecule has 0 aliphatic carbocycles. The molecule has 0 radical (unpaired) electrons. The maximum Gasteiger partial charge on any atom is 0.176 e. The highest BCUT2D eigenvalue weighted by Crippen LogP contribution is 2.31. The van der Waals surface area contributed by atoms with Gasteiger partial charge in [-0.2, -0.15) is 0 Å². The van der Waals surface area contributed by atoms with Gasteiger partial charge in [-0.25, -0.2) is 4.98 Å². The van der Waals surface area contributed by atoms with Gasteiger partial charge in [0.15, 0.2) is 22.4 Å². The average Bonchev–Trinajstić information content (AvgIpc) is 3.07. The number of H-pyrrole nitrogens is 1. The van der Waals surface area contributed by atoms with Gasteiger partial charge in [0.25, 0.3) is 0 Å². The smallest absolute Gasteiger partial charge is 0.176 e. The molecule has 6 nitrogen and oxygen atoms in total. The van der Waals surface area contributed by atoms with Gasteiger partial charge in [0.2, 0.25) is 0 Å². The number of Topliss-reactive ketones (excluding diaryl/α,β-unsaturated/α-hetero) is 1. The summed E-state index contributed by atoms with van der Waals surface area (Å²) in [6.07, 6.45) is 0. The van der Waals surface area contributed by atoms with Crippen LogP contribution in [0.25, 0.3) is 11.0 Å². The van der Waals surface area contributed by atoms with Crippen LogP contribution in [0.5, 0.6) is 17.2 Å². The van der Waals surface area contributed by atoms with Crippen molar-refractivity contribution in [3.05, 3.63) is 42.0 Å². The van der Waals surface area contributed by atoms with E-state index in [1.165, 1.54) is 11.8 Å². The van der Waals surface area contributed by atoms with Gasteiger partial charge in [0, 0.05) is 11.6 Å². The first-order valence-electron chi connectivity index (χ1n) is 8.02. The van der Waals surface area contributed by atoms with Crippen molar-refractivity contribution >= 4 is 28.6 Å². The molecule has 1 N–H and O–H groups in total. The topological polar surface area (TPSA) is 73.4 Å². The zero-order chi connectivity index (χ0) is 18.7. The number of carbonyl (C=O) groups is 1. The number of nitrogens with one attached hydrogen (secondary N) is 1. The summed E-state index contributed by atoms with van der Waals surface area (Å²) >= 11 is 1.38. The Morgan fingerprint density at radius 3 is 2.50 bits per heavy atom. The van der Waals surface area contributed by atoms with Crippen molar-refractivity contribution in [3.8, 4) is 17.2 Å². The highest BCUT2D eigenvalue weighted by atomic mass is 32.2. The van der Waals surface area contributed by atoms with E-state index in [1.54, 1.807) is 39.5 Å². The molecule has 2 aromatic carbocycles. The van der Waals surface area contributed by atoms with Crippen molar-refractivity contribution in [3.63, 3.8) is 0 Å². The van der Waals surface area contributed by atoms with Crippen LogP contribution in [0.1, 0.15) is 17.3 Å². The Hall–Kier alpha value is -2.67. The molecule has 0 bridgehead atoms. The van der Waals surface area contributed by atoms with Crippen LogP contribution in [0.4, 0.5) is 0 Å². The van der Waals surface area contributed by atoms with Crippen molar-refractivity contribution in [1.29, 1.82) is 0 Å². The number of fused-ring (bicyclic) bond motifs is 1. The van der Waals surface area contributed by atoms with Crippen molar-refractivity contribution in [2.24, 2.45) is 0 Å². The molecule has 0 spiro atoms. The zero-order valence-electron chi connectivity index (χ0n) is 15.0. The number of methoxy groups -OCH3 is 3. The second-order valence-corrected chi connectivity index (χ2v) is 6.95. The Bertz CT molecular complexity index is 938. The number of thioether (sulfide) groups is 1. The molecule has 3 aromatic rings. The SMILES string of the molecule is COc1ccc2nc(SC(C)C(=O)c3ccc(OC)c(OC)c3)[nH]c2c1. The van der Waals surface area contributed by atoms with Crippen LogP contribution in [0.2, 0.25) is 0 Å². The lowest BCUT2D eigenvalue weighted by Gasteiger charge is -2.11.